The number of sulfonamides is 1. The fraction of sp³-hybridized carbons (Fsp3) is 0.533. The van der Waals surface area contributed by atoms with Crippen molar-refractivity contribution in [3.8, 4) is 0 Å². The van der Waals surface area contributed by atoms with Gasteiger partial charge in [-0.2, -0.15) is 9.40 Å². The molecule has 9 heteroatoms. The Hall–Kier alpha value is -1.84. The zero-order valence-electron chi connectivity index (χ0n) is 14.1. The lowest BCUT2D eigenvalue weighted by Gasteiger charge is -2.25. The molecule has 2 aromatic rings. The number of nitrogens with one attached hydrogen (secondary N) is 1. The van der Waals surface area contributed by atoms with E-state index < -0.39 is 10.0 Å². The number of rotatable bonds is 5. The first-order valence-electron chi connectivity index (χ1n) is 7.87. The summed E-state index contributed by atoms with van der Waals surface area (Å²) in [4.78, 5) is 11.1. The largest absolute Gasteiger partial charge is 0.305 e. The van der Waals surface area contributed by atoms with Crippen molar-refractivity contribution in [2.24, 2.45) is 0 Å². The van der Waals surface area contributed by atoms with Crippen molar-refractivity contribution in [3.63, 3.8) is 0 Å². The molecule has 1 saturated heterocycles. The number of aryl methyl sites for hydroxylation is 1. The smallest absolute Gasteiger partial charge is 0.246 e. The normalized spacial score (nSPS) is 19.2. The second-order valence-electron chi connectivity index (χ2n) is 6.27. The molecule has 1 aliphatic heterocycles. The maximum absolute atomic E-state index is 12.9. The van der Waals surface area contributed by atoms with E-state index in [0.29, 0.717) is 18.9 Å². The van der Waals surface area contributed by atoms with Crippen LogP contribution in [0.25, 0.3) is 0 Å². The predicted octanol–water partition coefficient (Wildman–Crippen LogP) is 1.10. The first-order valence-corrected chi connectivity index (χ1v) is 9.31. The second-order valence-corrected chi connectivity index (χ2v) is 8.16. The molecule has 0 saturated carbocycles. The minimum atomic E-state index is -3.59. The minimum Gasteiger partial charge on any atom is -0.305 e. The van der Waals surface area contributed by atoms with Gasteiger partial charge in [0.1, 0.15) is 10.7 Å². The van der Waals surface area contributed by atoms with Gasteiger partial charge >= 0.3 is 0 Å². The Morgan fingerprint density at radius 1 is 1.38 bits per heavy atom. The van der Waals surface area contributed by atoms with Crippen molar-refractivity contribution in [1.82, 2.24) is 29.4 Å². The van der Waals surface area contributed by atoms with Crippen LogP contribution in [0.3, 0.4) is 0 Å². The van der Waals surface area contributed by atoms with Gasteiger partial charge in [0.05, 0.1) is 17.9 Å². The molecule has 0 unspecified atom stereocenters. The summed E-state index contributed by atoms with van der Waals surface area (Å²) >= 11 is 0. The molecule has 3 rings (SSSR count). The third kappa shape index (κ3) is 3.19. The Bertz CT molecular complexity index is 803. The lowest BCUT2D eigenvalue weighted by molar-refractivity contribution is 0.369. The van der Waals surface area contributed by atoms with Crippen molar-refractivity contribution < 1.29 is 8.42 Å². The first kappa shape index (κ1) is 17.0. The van der Waals surface area contributed by atoms with Gasteiger partial charge in [0, 0.05) is 31.0 Å². The molecule has 0 aliphatic carbocycles. The minimum absolute atomic E-state index is 0.189. The van der Waals surface area contributed by atoms with E-state index in [2.05, 4.69) is 20.2 Å². The summed E-state index contributed by atoms with van der Waals surface area (Å²) < 4.78 is 27.4. The number of nitrogens with zero attached hydrogens (tertiary/aromatic N) is 5. The Morgan fingerprint density at radius 2 is 2.17 bits per heavy atom. The lowest BCUT2D eigenvalue weighted by atomic mass is 10.1. The number of aromatic nitrogens is 4. The third-order valence-corrected chi connectivity index (χ3v) is 5.98. The Labute approximate surface area is 142 Å². The van der Waals surface area contributed by atoms with Crippen molar-refractivity contribution in [3.05, 3.63) is 35.7 Å². The highest BCUT2D eigenvalue weighted by Crippen LogP contribution is 2.37. The Kier molecular flexibility index (Phi) is 4.66. The quantitative estimate of drug-likeness (QED) is 0.867. The molecule has 1 N–H and O–H groups in total. The van der Waals surface area contributed by atoms with Crippen molar-refractivity contribution in [2.75, 3.05) is 20.6 Å². The van der Waals surface area contributed by atoms with Gasteiger partial charge in [-0.15, -0.1) is 0 Å². The average molecular weight is 350 g/mol. The van der Waals surface area contributed by atoms with E-state index >= 15 is 0 Å². The summed E-state index contributed by atoms with van der Waals surface area (Å²) in [6, 6.07) is -0.262. The predicted molar refractivity (Wildman–Crippen MR) is 88.6 cm³/mol. The second kappa shape index (κ2) is 6.58. The summed E-state index contributed by atoms with van der Waals surface area (Å²) in [6.07, 6.45) is 6.13. The van der Waals surface area contributed by atoms with Crippen LogP contribution in [0, 0.1) is 6.92 Å². The molecule has 0 spiro atoms. The highest BCUT2D eigenvalue weighted by molar-refractivity contribution is 7.89. The van der Waals surface area contributed by atoms with Crippen molar-refractivity contribution >= 4 is 10.0 Å². The fourth-order valence-electron chi connectivity index (χ4n) is 3.08. The van der Waals surface area contributed by atoms with Crippen molar-refractivity contribution in [1.29, 1.82) is 0 Å². The lowest BCUT2D eigenvalue weighted by Crippen LogP contribution is -2.32. The zero-order valence-corrected chi connectivity index (χ0v) is 14.9. The molecule has 1 aliphatic rings. The van der Waals surface area contributed by atoms with Gasteiger partial charge in [-0.1, -0.05) is 0 Å². The van der Waals surface area contributed by atoms with Crippen LogP contribution in [0.5, 0.6) is 0 Å². The fourth-order valence-corrected chi connectivity index (χ4v) is 4.65. The number of hydrogen-bond acceptors (Lipinski definition) is 6. The maximum atomic E-state index is 12.9. The molecule has 1 atom stereocenters. The SMILES string of the molecule is Cc1ncc(CN(C)C)c([C@@H]2CCCN2S(=O)(=O)c2cn[nH]c2)n1. The van der Waals surface area contributed by atoms with Crippen LogP contribution in [-0.4, -0.2) is 58.4 Å². The molecular weight excluding hydrogens is 328 g/mol. The first-order chi connectivity index (χ1) is 11.4. The van der Waals surface area contributed by atoms with Crippen LogP contribution in [0.1, 0.15) is 36.0 Å². The topological polar surface area (TPSA) is 95.1 Å². The number of hydrogen-bond donors (Lipinski definition) is 1. The third-order valence-electron chi connectivity index (χ3n) is 4.10. The molecule has 2 aromatic heterocycles. The average Bonchev–Trinajstić information content (AvgIpc) is 3.20. The van der Waals surface area contributed by atoms with Gasteiger partial charge in [-0.3, -0.25) is 5.10 Å². The van der Waals surface area contributed by atoms with Crippen LogP contribution in [0.15, 0.2) is 23.5 Å². The molecule has 8 nitrogen and oxygen atoms in total. The number of H-pyrrole nitrogens is 1. The van der Waals surface area contributed by atoms with E-state index in [1.807, 2.05) is 25.9 Å². The molecule has 0 bridgehead atoms. The van der Waals surface area contributed by atoms with Gasteiger partial charge in [0.25, 0.3) is 0 Å². The standard InChI is InChI=1S/C15H22N6O2S/c1-11-16-7-12(10-20(2)3)15(19-11)14-5-4-6-21(14)24(22,23)13-8-17-18-9-13/h7-9,14H,4-6,10H2,1-3H3,(H,17,18)/t14-/m0/s1. The zero-order chi connectivity index (χ0) is 17.3. The van der Waals surface area contributed by atoms with Crippen molar-refractivity contribution in [2.45, 2.75) is 37.2 Å². The van der Waals surface area contributed by atoms with Gasteiger partial charge in [0.2, 0.25) is 10.0 Å². The molecule has 0 amide bonds. The molecule has 0 aromatic carbocycles. The van der Waals surface area contributed by atoms with E-state index in [-0.39, 0.29) is 10.9 Å². The molecule has 1 fully saturated rings. The van der Waals surface area contributed by atoms with Crippen LogP contribution in [0.4, 0.5) is 0 Å². The Morgan fingerprint density at radius 3 is 2.83 bits per heavy atom. The summed E-state index contributed by atoms with van der Waals surface area (Å²) in [7, 11) is 0.356. The highest BCUT2D eigenvalue weighted by atomic mass is 32.2. The van der Waals surface area contributed by atoms with Gasteiger partial charge in [-0.25, -0.2) is 18.4 Å². The summed E-state index contributed by atoms with van der Waals surface area (Å²) in [5.74, 6) is 0.653. The van der Waals surface area contributed by atoms with E-state index in [4.69, 9.17) is 0 Å². The van der Waals surface area contributed by atoms with Gasteiger partial charge < -0.3 is 4.90 Å². The van der Waals surface area contributed by atoms with Gasteiger partial charge in [0.15, 0.2) is 0 Å². The van der Waals surface area contributed by atoms with E-state index in [1.54, 1.807) is 10.5 Å². The highest BCUT2D eigenvalue weighted by Gasteiger charge is 2.38. The van der Waals surface area contributed by atoms with Crippen LogP contribution in [0.2, 0.25) is 0 Å². The summed E-state index contributed by atoms with van der Waals surface area (Å²) in [5, 5.41) is 6.34. The Balaban J connectivity index is 2.01. The van der Waals surface area contributed by atoms with Crippen LogP contribution < -0.4 is 0 Å². The molecule has 130 valence electrons. The molecule has 24 heavy (non-hydrogen) atoms. The summed E-state index contributed by atoms with van der Waals surface area (Å²) in [5.41, 5.74) is 1.77. The molecular formula is C15H22N6O2S. The summed E-state index contributed by atoms with van der Waals surface area (Å²) in [6.45, 7) is 2.99. The van der Waals surface area contributed by atoms with Crippen LogP contribution in [-0.2, 0) is 16.6 Å². The van der Waals surface area contributed by atoms with E-state index in [1.165, 1.54) is 12.4 Å². The molecule has 3 heterocycles. The number of aromatic amines is 1. The van der Waals surface area contributed by atoms with E-state index in [9.17, 15) is 8.42 Å². The molecule has 0 radical (unpaired) electrons. The van der Waals surface area contributed by atoms with Crippen LogP contribution >= 0.6 is 0 Å². The maximum Gasteiger partial charge on any atom is 0.246 e. The monoisotopic (exact) mass is 350 g/mol. The van der Waals surface area contributed by atoms with E-state index in [0.717, 1.165) is 24.1 Å². The van der Waals surface area contributed by atoms with Gasteiger partial charge in [-0.05, 0) is 33.9 Å².